The van der Waals surface area contributed by atoms with E-state index in [9.17, 15) is 0 Å². The lowest BCUT2D eigenvalue weighted by molar-refractivity contribution is 0.940. The fourth-order valence-electron chi connectivity index (χ4n) is 2.74. The van der Waals surface area contributed by atoms with Gasteiger partial charge in [-0.25, -0.2) is 20.0 Å². The van der Waals surface area contributed by atoms with Gasteiger partial charge >= 0.3 is 0 Å². The third-order valence-corrected chi connectivity index (χ3v) is 3.83. The minimum atomic E-state index is 0.0655. The van der Waals surface area contributed by atoms with Crippen LogP contribution in [0.25, 0.3) is 0 Å². The second-order valence-corrected chi connectivity index (χ2v) is 5.67. The van der Waals surface area contributed by atoms with E-state index in [-0.39, 0.29) is 5.84 Å². The van der Waals surface area contributed by atoms with E-state index in [1.807, 2.05) is 0 Å². The van der Waals surface area contributed by atoms with Gasteiger partial charge in [-0.2, -0.15) is 0 Å². The Bertz CT molecular complexity index is 753. The number of aromatic nitrogens is 1. The molecule has 0 spiro atoms. The van der Waals surface area contributed by atoms with Gasteiger partial charge in [0.2, 0.25) is 0 Å². The molecule has 8 nitrogen and oxygen atoms in total. The topological polar surface area (TPSA) is 129 Å². The lowest BCUT2D eigenvalue weighted by Crippen LogP contribution is -2.25. The van der Waals surface area contributed by atoms with E-state index in [1.165, 1.54) is 0 Å². The number of anilines is 3. The first-order chi connectivity index (χ1) is 11.0. The van der Waals surface area contributed by atoms with Crippen LogP contribution in [0.3, 0.4) is 0 Å². The molecule has 23 heavy (non-hydrogen) atoms. The van der Waals surface area contributed by atoms with Gasteiger partial charge in [-0.1, -0.05) is 0 Å². The van der Waals surface area contributed by atoms with Crippen molar-refractivity contribution in [3.05, 3.63) is 6.07 Å². The Balaban J connectivity index is 2.03. The van der Waals surface area contributed by atoms with Gasteiger partial charge in [-0.05, 0) is 32.8 Å². The van der Waals surface area contributed by atoms with E-state index in [2.05, 4.69) is 24.9 Å². The maximum Gasteiger partial charge on any atom is 0.178 e. The molecular formula is C15H20N8. The monoisotopic (exact) mass is 312 g/mol. The van der Waals surface area contributed by atoms with Crippen LogP contribution in [0.4, 0.5) is 23.0 Å². The smallest absolute Gasteiger partial charge is 0.178 e. The van der Waals surface area contributed by atoms with Crippen LogP contribution in [-0.2, 0) is 0 Å². The lowest BCUT2D eigenvalue weighted by Gasteiger charge is -2.19. The number of rotatable bonds is 2. The number of aliphatic imine (C=N–C) groups is 3. The van der Waals surface area contributed by atoms with Crippen molar-refractivity contribution in [3.8, 4) is 0 Å². The Morgan fingerprint density at radius 2 is 1.83 bits per heavy atom. The van der Waals surface area contributed by atoms with Gasteiger partial charge in [0, 0.05) is 13.1 Å². The van der Waals surface area contributed by atoms with Crippen molar-refractivity contribution in [2.45, 2.75) is 26.7 Å². The summed E-state index contributed by atoms with van der Waals surface area (Å²) in [5, 5.41) is 7.99. The van der Waals surface area contributed by atoms with Crippen LogP contribution >= 0.6 is 0 Å². The fourth-order valence-corrected chi connectivity index (χ4v) is 2.74. The molecule has 0 atom stereocenters. The van der Waals surface area contributed by atoms with Crippen molar-refractivity contribution < 1.29 is 0 Å². The maximum atomic E-state index is 7.99. The number of nitrogens with zero attached hydrogens (tertiary/aromatic N) is 5. The SMILES string of the molecule is CC1=NC(=N)C(=Nc2nc(N3CCCC3)c(N)cc2N)C(C)=N1. The first kappa shape index (κ1) is 15.1. The molecule has 0 bridgehead atoms. The highest BCUT2D eigenvalue weighted by molar-refractivity contribution is 6.69. The molecule has 8 heteroatoms. The maximum absolute atomic E-state index is 7.99. The van der Waals surface area contributed by atoms with Crippen molar-refractivity contribution >= 4 is 46.1 Å². The molecule has 3 heterocycles. The van der Waals surface area contributed by atoms with Crippen LogP contribution in [0.1, 0.15) is 26.7 Å². The molecule has 0 saturated carbocycles. The first-order valence-electron chi connectivity index (χ1n) is 7.55. The molecule has 120 valence electrons. The number of pyridine rings is 1. The Labute approximate surface area is 134 Å². The van der Waals surface area contributed by atoms with Crippen LogP contribution in [0.15, 0.2) is 21.0 Å². The van der Waals surface area contributed by atoms with Crippen molar-refractivity contribution in [2.75, 3.05) is 29.5 Å². The molecule has 1 aromatic heterocycles. The van der Waals surface area contributed by atoms with Crippen LogP contribution in [0.2, 0.25) is 0 Å². The summed E-state index contributed by atoms with van der Waals surface area (Å²) in [5.74, 6) is 1.66. The lowest BCUT2D eigenvalue weighted by atomic mass is 10.2. The Morgan fingerprint density at radius 3 is 2.48 bits per heavy atom. The first-order valence-corrected chi connectivity index (χ1v) is 7.55. The molecule has 3 rings (SSSR count). The van der Waals surface area contributed by atoms with Crippen LogP contribution in [-0.4, -0.2) is 41.2 Å². The molecule has 0 unspecified atom stereocenters. The standard InChI is InChI=1S/C15H20N8/c1-8-12(13(18)20-9(2)19-8)21-14-10(16)7-11(17)15(22-14)23-5-3-4-6-23/h7,18H,3-6,16-17H2,1-2H3. The zero-order valence-electron chi connectivity index (χ0n) is 13.3. The van der Waals surface area contributed by atoms with E-state index in [0.29, 0.717) is 40.3 Å². The van der Waals surface area contributed by atoms with Gasteiger partial charge < -0.3 is 16.4 Å². The van der Waals surface area contributed by atoms with Crippen molar-refractivity contribution in [3.63, 3.8) is 0 Å². The molecule has 0 amide bonds. The minimum Gasteiger partial charge on any atom is -0.396 e. The molecule has 0 aliphatic carbocycles. The number of amidine groups is 2. The second kappa shape index (κ2) is 5.79. The Hall–Kier alpha value is -2.77. The van der Waals surface area contributed by atoms with E-state index in [0.717, 1.165) is 25.9 Å². The van der Waals surface area contributed by atoms with Crippen molar-refractivity contribution in [1.29, 1.82) is 5.41 Å². The molecule has 5 N–H and O–H groups in total. The predicted octanol–water partition coefficient (Wildman–Crippen LogP) is 1.79. The average Bonchev–Trinajstić information content (AvgIpc) is 2.98. The van der Waals surface area contributed by atoms with Crippen LogP contribution < -0.4 is 16.4 Å². The summed E-state index contributed by atoms with van der Waals surface area (Å²) < 4.78 is 0. The highest BCUT2D eigenvalue weighted by Crippen LogP contribution is 2.32. The van der Waals surface area contributed by atoms with E-state index in [1.54, 1.807) is 19.9 Å². The fraction of sp³-hybridized carbons (Fsp3) is 0.400. The molecule has 2 aliphatic heterocycles. The van der Waals surface area contributed by atoms with Gasteiger partial charge in [0.15, 0.2) is 17.5 Å². The normalized spacial score (nSPS) is 20.0. The number of nitrogens with two attached hydrogens (primary N) is 2. The molecule has 0 aromatic carbocycles. The van der Waals surface area contributed by atoms with Crippen LogP contribution in [0.5, 0.6) is 0 Å². The summed E-state index contributed by atoms with van der Waals surface area (Å²) in [5.41, 5.74) is 14.0. The van der Waals surface area contributed by atoms with Crippen molar-refractivity contribution in [1.82, 2.24) is 4.98 Å². The van der Waals surface area contributed by atoms with Gasteiger partial charge in [-0.3, -0.25) is 5.41 Å². The summed E-state index contributed by atoms with van der Waals surface area (Å²) >= 11 is 0. The number of nitrogens with one attached hydrogen (secondary N) is 1. The minimum absolute atomic E-state index is 0.0655. The van der Waals surface area contributed by atoms with Gasteiger partial charge in [0.1, 0.15) is 11.5 Å². The molecule has 1 saturated heterocycles. The molecule has 1 aromatic rings. The average molecular weight is 312 g/mol. The zero-order chi connectivity index (χ0) is 16.6. The summed E-state index contributed by atoms with van der Waals surface area (Å²) in [7, 11) is 0. The van der Waals surface area contributed by atoms with E-state index >= 15 is 0 Å². The number of hydrogen-bond donors (Lipinski definition) is 3. The highest BCUT2D eigenvalue weighted by Gasteiger charge is 2.20. The van der Waals surface area contributed by atoms with Crippen molar-refractivity contribution in [2.24, 2.45) is 15.0 Å². The van der Waals surface area contributed by atoms with Crippen LogP contribution in [0, 0.1) is 5.41 Å². The predicted molar refractivity (Wildman–Crippen MR) is 95.5 cm³/mol. The van der Waals surface area contributed by atoms with E-state index in [4.69, 9.17) is 16.9 Å². The summed E-state index contributed by atoms with van der Waals surface area (Å²) in [4.78, 5) is 19.4. The zero-order valence-corrected chi connectivity index (χ0v) is 13.3. The third-order valence-electron chi connectivity index (χ3n) is 3.83. The Kier molecular flexibility index (Phi) is 3.81. The largest absolute Gasteiger partial charge is 0.396 e. The van der Waals surface area contributed by atoms with Gasteiger partial charge in [0.05, 0.1) is 17.1 Å². The quantitative estimate of drug-likeness (QED) is 0.768. The number of nitrogen functional groups attached to an aromatic ring is 2. The number of hydrogen-bond acceptors (Lipinski definition) is 7. The second-order valence-electron chi connectivity index (χ2n) is 5.67. The highest BCUT2D eigenvalue weighted by atomic mass is 15.2. The van der Waals surface area contributed by atoms with Gasteiger partial charge in [-0.15, -0.1) is 0 Å². The summed E-state index contributed by atoms with van der Waals surface area (Å²) in [6.45, 7) is 5.39. The molecule has 0 radical (unpaired) electrons. The van der Waals surface area contributed by atoms with E-state index < -0.39 is 0 Å². The third kappa shape index (κ3) is 2.92. The molecular weight excluding hydrogens is 292 g/mol. The summed E-state index contributed by atoms with van der Waals surface area (Å²) in [6, 6.07) is 1.67. The molecule has 1 fully saturated rings. The Morgan fingerprint density at radius 1 is 1.13 bits per heavy atom. The van der Waals surface area contributed by atoms with Gasteiger partial charge in [0.25, 0.3) is 0 Å². The summed E-state index contributed by atoms with van der Waals surface area (Å²) in [6.07, 6.45) is 2.25. The molecule has 2 aliphatic rings.